The summed E-state index contributed by atoms with van der Waals surface area (Å²) >= 11 is 0. The SMILES string of the molecule is CCCc1ccc(C(NC)C(C)(CC)N(C)C)cc1. The second-order valence-electron chi connectivity index (χ2n) is 5.82. The van der Waals surface area contributed by atoms with Gasteiger partial charge in [0.05, 0.1) is 6.04 Å². The highest BCUT2D eigenvalue weighted by molar-refractivity contribution is 5.27. The van der Waals surface area contributed by atoms with Gasteiger partial charge < -0.3 is 10.2 Å². The highest BCUT2D eigenvalue weighted by Crippen LogP contribution is 2.32. The zero-order valence-electron chi connectivity index (χ0n) is 13.5. The molecule has 0 spiro atoms. The molecule has 0 aliphatic carbocycles. The molecule has 1 N–H and O–H groups in total. The third-order valence-corrected chi connectivity index (χ3v) is 4.50. The highest BCUT2D eigenvalue weighted by Gasteiger charge is 2.34. The minimum absolute atomic E-state index is 0.126. The zero-order valence-corrected chi connectivity index (χ0v) is 13.5. The van der Waals surface area contributed by atoms with Crippen molar-refractivity contribution < 1.29 is 0 Å². The van der Waals surface area contributed by atoms with Gasteiger partial charge in [0.2, 0.25) is 0 Å². The van der Waals surface area contributed by atoms with Crippen LogP contribution in [0.4, 0.5) is 0 Å². The number of rotatable bonds is 7. The summed E-state index contributed by atoms with van der Waals surface area (Å²) < 4.78 is 0. The Kier molecular flexibility index (Phi) is 6.02. The van der Waals surface area contributed by atoms with E-state index < -0.39 is 0 Å². The largest absolute Gasteiger partial charge is 0.311 e. The van der Waals surface area contributed by atoms with Crippen LogP contribution >= 0.6 is 0 Å². The van der Waals surface area contributed by atoms with E-state index in [1.165, 1.54) is 24.0 Å². The first-order valence-electron chi connectivity index (χ1n) is 7.43. The van der Waals surface area contributed by atoms with Gasteiger partial charge in [-0.1, -0.05) is 44.5 Å². The Hall–Kier alpha value is -0.860. The molecule has 1 aromatic carbocycles. The fourth-order valence-electron chi connectivity index (χ4n) is 2.78. The molecule has 1 rings (SSSR count). The molecule has 0 bridgehead atoms. The van der Waals surface area contributed by atoms with E-state index in [9.17, 15) is 0 Å². The lowest BCUT2D eigenvalue weighted by molar-refractivity contribution is 0.117. The van der Waals surface area contributed by atoms with Gasteiger partial charge in [0.25, 0.3) is 0 Å². The molecule has 0 radical (unpaired) electrons. The standard InChI is InChI=1S/C17H30N2/c1-7-9-14-10-12-15(13-11-14)16(18-4)17(3,8-2)19(5)6/h10-13,16,18H,7-9H2,1-6H3. The minimum Gasteiger partial charge on any atom is -0.311 e. The molecule has 0 aromatic heterocycles. The Morgan fingerprint density at radius 2 is 1.74 bits per heavy atom. The van der Waals surface area contributed by atoms with Gasteiger partial charge >= 0.3 is 0 Å². The van der Waals surface area contributed by atoms with Crippen molar-refractivity contribution in [3.8, 4) is 0 Å². The number of likely N-dealkylation sites (N-methyl/N-ethyl adjacent to an activating group) is 2. The number of hydrogen-bond acceptors (Lipinski definition) is 2. The molecule has 0 aliphatic heterocycles. The molecule has 2 atom stereocenters. The molecule has 1 aromatic rings. The van der Waals surface area contributed by atoms with Gasteiger partial charge in [0.1, 0.15) is 0 Å². The van der Waals surface area contributed by atoms with Crippen LogP contribution in [0.15, 0.2) is 24.3 Å². The number of hydrogen-bond donors (Lipinski definition) is 1. The molecule has 0 heterocycles. The Morgan fingerprint density at radius 3 is 2.11 bits per heavy atom. The number of aryl methyl sites for hydroxylation is 1. The summed E-state index contributed by atoms with van der Waals surface area (Å²) in [6.07, 6.45) is 3.49. The van der Waals surface area contributed by atoms with E-state index in [0.717, 1.165) is 6.42 Å². The minimum atomic E-state index is 0.126. The average molecular weight is 262 g/mol. The molecule has 0 amide bonds. The second kappa shape index (κ2) is 7.06. The van der Waals surface area contributed by atoms with Crippen LogP contribution in [0.1, 0.15) is 50.8 Å². The summed E-state index contributed by atoms with van der Waals surface area (Å²) in [5.41, 5.74) is 2.94. The quantitative estimate of drug-likeness (QED) is 0.807. The van der Waals surface area contributed by atoms with Gasteiger partial charge in [0, 0.05) is 5.54 Å². The maximum absolute atomic E-state index is 3.50. The summed E-state index contributed by atoms with van der Waals surface area (Å²) in [5.74, 6) is 0. The predicted molar refractivity (Wildman–Crippen MR) is 84.6 cm³/mol. The maximum atomic E-state index is 3.50. The summed E-state index contributed by atoms with van der Waals surface area (Å²) in [6.45, 7) is 6.81. The van der Waals surface area contributed by atoms with Crippen molar-refractivity contribution in [3.63, 3.8) is 0 Å². The summed E-state index contributed by atoms with van der Waals surface area (Å²) in [4.78, 5) is 2.33. The smallest absolute Gasteiger partial charge is 0.0501 e. The lowest BCUT2D eigenvalue weighted by Crippen LogP contribution is -2.50. The zero-order chi connectivity index (χ0) is 14.5. The van der Waals surface area contributed by atoms with Gasteiger partial charge in [-0.25, -0.2) is 0 Å². The Labute approximate surface area is 119 Å². The van der Waals surface area contributed by atoms with Gasteiger partial charge in [-0.3, -0.25) is 0 Å². The molecule has 0 saturated heterocycles. The maximum Gasteiger partial charge on any atom is 0.0501 e. The Morgan fingerprint density at radius 1 is 1.16 bits per heavy atom. The topological polar surface area (TPSA) is 15.3 Å². The Bertz CT molecular complexity index is 369. The van der Waals surface area contributed by atoms with E-state index in [1.54, 1.807) is 0 Å². The fraction of sp³-hybridized carbons (Fsp3) is 0.647. The summed E-state index contributed by atoms with van der Waals surface area (Å²) in [6, 6.07) is 9.46. The van der Waals surface area contributed by atoms with Gasteiger partial charge in [0.15, 0.2) is 0 Å². The summed E-state index contributed by atoms with van der Waals surface area (Å²) in [7, 11) is 6.39. The van der Waals surface area contributed by atoms with Crippen LogP contribution in [-0.2, 0) is 6.42 Å². The molecule has 0 fully saturated rings. The molecule has 2 nitrogen and oxygen atoms in total. The number of benzene rings is 1. The van der Waals surface area contributed by atoms with Crippen LogP contribution in [0.5, 0.6) is 0 Å². The van der Waals surface area contributed by atoms with E-state index >= 15 is 0 Å². The van der Waals surface area contributed by atoms with Crippen molar-refractivity contribution in [2.75, 3.05) is 21.1 Å². The number of nitrogens with one attached hydrogen (secondary N) is 1. The van der Waals surface area contributed by atoms with Crippen LogP contribution < -0.4 is 5.32 Å². The van der Waals surface area contributed by atoms with E-state index in [0.29, 0.717) is 6.04 Å². The molecule has 2 unspecified atom stereocenters. The van der Waals surface area contributed by atoms with Crippen LogP contribution in [0.2, 0.25) is 0 Å². The van der Waals surface area contributed by atoms with Crippen LogP contribution in [0.3, 0.4) is 0 Å². The van der Waals surface area contributed by atoms with Crippen molar-refractivity contribution >= 4 is 0 Å². The van der Waals surface area contributed by atoms with Crippen molar-refractivity contribution in [2.24, 2.45) is 0 Å². The lowest BCUT2D eigenvalue weighted by Gasteiger charge is -2.43. The third-order valence-electron chi connectivity index (χ3n) is 4.50. The molecule has 19 heavy (non-hydrogen) atoms. The monoisotopic (exact) mass is 262 g/mol. The van der Waals surface area contributed by atoms with Crippen LogP contribution in [-0.4, -0.2) is 31.6 Å². The van der Waals surface area contributed by atoms with E-state index in [-0.39, 0.29) is 5.54 Å². The first kappa shape index (κ1) is 16.2. The lowest BCUT2D eigenvalue weighted by atomic mass is 9.83. The van der Waals surface area contributed by atoms with E-state index in [1.807, 2.05) is 0 Å². The second-order valence-corrected chi connectivity index (χ2v) is 5.82. The van der Waals surface area contributed by atoms with Crippen molar-refractivity contribution in [1.82, 2.24) is 10.2 Å². The molecule has 2 heteroatoms. The van der Waals surface area contributed by atoms with Crippen molar-refractivity contribution in [3.05, 3.63) is 35.4 Å². The van der Waals surface area contributed by atoms with Crippen LogP contribution in [0, 0.1) is 0 Å². The Balaban J connectivity index is 3.02. The molecular formula is C17H30N2. The average Bonchev–Trinajstić information content (AvgIpc) is 2.41. The van der Waals surface area contributed by atoms with E-state index in [4.69, 9.17) is 0 Å². The van der Waals surface area contributed by atoms with Gasteiger partial charge in [-0.15, -0.1) is 0 Å². The molecular weight excluding hydrogens is 232 g/mol. The summed E-state index contributed by atoms with van der Waals surface area (Å²) in [5, 5.41) is 3.50. The van der Waals surface area contributed by atoms with Gasteiger partial charge in [-0.05, 0) is 52.0 Å². The fourth-order valence-corrected chi connectivity index (χ4v) is 2.78. The first-order chi connectivity index (χ1) is 8.99. The van der Waals surface area contributed by atoms with Crippen molar-refractivity contribution in [2.45, 2.75) is 51.6 Å². The third kappa shape index (κ3) is 3.58. The molecule has 0 saturated carbocycles. The normalized spacial score (nSPS) is 16.4. The number of nitrogens with zero attached hydrogens (tertiary/aromatic N) is 1. The van der Waals surface area contributed by atoms with Gasteiger partial charge in [-0.2, -0.15) is 0 Å². The first-order valence-corrected chi connectivity index (χ1v) is 7.43. The molecule has 108 valence electrons. The van der Waals surface area contributed by atoms with Crippen LogP contribution in [0.25, 0.3) is 0 Å². The predicted octanol–water partition coefficient (Wildman–Crippen LogP) is 3.63. The van der Waals surface area contributed by atoms with Crippen molar-refractivity contribution in [1.29, 1.82) is 0 Å². The van der Waals surface area contributed by atoms with E-state index in [2.05, 4.69) is 76.4 Å². The molecule has 0 aliphatic rings. The highest BCUT2D eigenvalue weighted by atomic mass is 15.2.